The molecule has 1 heterocycles. The lowest BCUT2D eigenvalue weighted by Crippen LogP contribution is -2.46. The van der Waals surface area contributed by atoms with Crippen molar-refractivity contribution in [3.63, 3.8) is 0 Å². The molecule has 2 N–H and O–H groups in total. The van der Waals surface area contributed by atoms with Gasteiger partial charge in [-0.2, -0.15) is 0 Å². The molecule has 1 saturated carbocycles. The van der Waals surface area contributed by atoms with E-state index in [1.165, 1.54) is 19.5 Å². The van der Waals surface area contributed by atoms with Crippen molar-refractivity contribution in [1.82, 2.24) is 4.90 Å². The lowest BCUT2D eigenvalue weighted by molar-refractivity contribution is 0.194. The Balaban J connectivity index is 2.00. The molecule has 0 bridgehead atoms. The number of fused-ring (bicyclic) bond motifs is 1. The van der Waals surface area contributed by atoms with Crippen LogP contribution in [-0.2, 0) is 0 Å². The number of rotatable bonds is 0. The molecule has 0 amide bonds. The van der Waals surface area contributed by atoms with Crippen molar-refractivity contribution in [2.75, 3.05) is 20.1 Å². The van der Waals surface area contributed by atoms with Crippen LogP contribution in [0.1, 0.15) is 6.42 Å². The monoisotopic (exact) mass is 126 g/mol. The Morgan fingerprint density at radius 3 is 2.67 bits per heavy atom. The number of likely N-dealkylation sites (tertiary alicyclic amines) is 1. The molecule has 0 aromatic rings. The predicted octanol–water partition coefficient (Wildman–Crippen LogP) is -0.105. The van der Waals surface area contributed by atoms with Crippen LogP contribution >= 0.6 is 0 Å². The van der Waals surface area contributed by atoms with Crippen molar-refractivity contribution in [2.45, 2.75) is 12.5 Å². The molecule has 1 saturated heterocycles. The van der Waals surface area contributed by atoms with Gasteiger partial charge in [-0.05, 0) is 25.3 Å². The summed E-state index contributed by atoms with van der Waals surface area (Å²) in [7, 11) is 2.19. The van der Waals surface area contributed by atoms with Crippen LogP contribution < -0.4 is 5.73 Å². The number of nitrogens with two attached hydrogens (primary N) is 1. The molecular formula is C7H14N2. The zero-order chi connectivity index (χ0) is 6.43. The fourth-order valence-corrected chi connectivity index (χ4v) is 2.18. The van der Waals surface area contributed by atoms with Gasteiger partial charge in [0.25, 0.3) is 0 Å². The van der Waals surface area contributed by atoms with E-state index in [1.54, 1.807) is 0 Å². The van der Waals surface area contributed by atoms with Gasteiger partial charge >= 0.3 is 0 Å². The molecule has 0 radical (unpaired) electrons. The van der Waals surface area contributed by atoms with Gasteiger partial charge in [-0.15, -0.1) is 0 Å². The van der Waals surface area contributed by atoms with Gasteiger partial charge in [-0.3, -0.25) is 0 Å². The van der Waals surface area contributed by atoms with E-state index in [1.807, 2.05) is 0 Å². The summed E-state index contributed by atoms with van der Waals surface area (Å²) in [5.74, 6) is 1.79. The molecule has 1 aliphatic carbocycles. The smallest absolute Gasteiger partial charge is 0.00857 e. The zero-order valence-corrected chi connectivity index (χ0v) is 5.88. The first-order chi connectivity index (χ1) is 4.27. The van der Waals surface area contributed by atoms with Gasteiger partial charge in [-0.25, -0.2) is 0 Å². The van der Waals surface area contributed by atoms with E-state index in [0.717, 1.165) is 11.8 Å². The molecule has 2 rings (SSSR count). The maximum atomic E-state index is 5.80. The van der Waals surface area contributed by atoms with E-state index in [-0.39, 0.29) is 0 Å². The van der Waals surface area contributed by atoms with Gasteiger partial charge in [0.2, 0.25) is 0 Å². The molecule has 3 atom stereocenters. The van der Waals surface area contributed by atoms with Crippen LogP contribution in [0.2, 0.25) is 0 Å². The second-order valence-electron chi connectivity index (χ2n) is 3.54. The van der Waals surface area contributed by atoms with E-state index in [2.05, 4.69) is 11.9 Å². The summed E-state index contributed by atoms with van der Waals surface area (Å²) >= 11 is 0. The van der Waals surface area contributed by atoms with Crippen molar-refractivity contribution in [3.8, 4) is 0 Å². The third-order valence-corrected chi connectivity index (χ3v) is 2.80. The molecule has 9 heavy (non-hydrogen) atoms. The quantitative estimate of drug-likeness (QED) is 0.491. The molecule has 0 spiro atoms. The van der Waals surface area contributed by atoms with Crippen molar-refractivity contribution >= 4 is 0 Å². The summed E-state index contributed by atoms with van der Waals surface area (Å²) in [4.78, 5) is 2.39. The summed E-state index contributed by atoms with van der Waals surface area (Å²) in [5.41, 5.74) is 5.80. The first-order valence-corrected chi connectivity index (χ1v) is 3.71. The van der Waals surface area contributed by atoms with Gasteiger partial charge in [0, 0.05) is 19.1 Å². The molecule has 2 aliphatic rings. The van der Waals surface area contributed by atoms with Crippen LogP contribution in [0.4, 0.5) is 0 Å². The van der Waals surface area contributed by atoms with Gasteiger partial charge in [0.15, 0.2) is 0 Å². The highest BCUT2D eigenvalue weighted by Gasteiger charge is 2.43. The molecule has 3 unspecified atom stereocenters. The Morgan fingerprint density at radius 2 is 2.22 bits per heavy atom. The highest BCUT2D eigenvalue weighted by molar-refractivity contribution is 4.98. The molecule has 2 heteroatoms. The highest BCUT2D eigenvalue weighted by Crippen LogP contribution is 2.38. The molecular weight excluding hydrogens is 112 g/mol. The lowest BCUT2D eigenvalue weighted by atomic mass is 9.72. The van der Waals surface area contributed by atoms with Gasteiger partial charge in [-0.1, -0.05) is 0 Å². The predicted molar refractivity (Wildman–Crippen MR) is 37.1 cm³/mol. The molecule has 1 aliphatic heterocycles. The highest BCUT2D eigenvalue weighted by atomic mass is 15.1. The average molecular weight is 126 g/mol. The number of hydrogen-bond acceptors (Lipinski definition) is 2. The van der Waals surface area contributed by atoms with Gasteiger partial charge in [0.05, 0.1) is 0 Å². The second kappa shape index (κ2) is 1.70. The Morgan fingerprint density at radius 1 is 1.44 bits per heavy atom. The Hall–Kier alpha value is -0.0800. The zero-order valence-electron chi connectivity index (χ0n) is 5.88. The summed E-state index contributed by atoms with van der Waals surface area (Å²) in [6.07, 6.45) is 1.27. The molecule has 52 valence electrons. The number of hydrogen-bond donors (Lipinski definition) is 1. The normalized spacial score (nSPS) is 50.7. The average Bonchev–Trinajstić information content (AvgIpc) is 2.08. The summed E-state index contributed by atoms with van der Waals surface area (Å²) in [6, 6.07) is 0.528. The topological polar surface area (TPSA) is 29.3 Å². The van der Waals surface area contributed by atoms with Crippen LogP contribution in [0.15, 0.2) is 0 Å². The summed E-state index contributed by atoms with van der Waals surface area (Å²) < 4.78 is 0. The molecule has 0 aromatic heterocycles. The minimum atomic E-state index is 0.528. The first kappa shape index (κ1) is 5.69. The van der Waals surface area contributed by atoms with Crippen LogP contribution in [0.3, 0.4) is 0 Å². The maximum Gasteiger partial charge on any atom is 0.00857 e. The number of nitrogens with zero attached hydrogens (tertiary/aromatic N) is 1. The van der Waals surface area contributed by atoms with Crippen LogP contribution in [-0.4, -0.2) is 31.1 Å². The van der Waals surface area contributed by atoms with E-state index < -0.39 is 0 Å². The van der Waals surface area contributed by atoms with E-state index in [9.17, 15) is 0 Å². The van der Waals surface area contributed by atoms with Gasteiger partial charge in [0.1, 0.15) is 0 Å². The maximum absolute atomic E-state index is 5.80. The van der Waals surface area contributed by atoms with Crippen molar-refractivity contribution in [1.29, 1.82) is 0 Å². The second-order valence-corrected chi connectivity index (χ2v) is 3.54. The largest absolute Gasteiger partial charge is 0.327 e. The first-order valence-electron chi connectivity index (χ1n) is 3.71. The van der Waals surface area contributed by atoms with E-state index in [4.69, 9.17) is 5.73 Å². The minimum absolute atomic E-state index is 0.528. The standard InChI is InChI=1S/C7H14N2/c1-9-3-5-2-7(8)6(5)4-9/h5-7H,2-4,8H2,1H3. The Kier molecular flexibility index (Phi) is 1.08. The third kappa shape index (κ3) is 0.700. The molecule has 2 fully saturated rings. The SMILES string of the molecule is CN1CC2CC(N)C2C1. The van der Waals surface area contributed by atoms with Crippen molar-refractivity contribution < 1.29 is 0 Å². The third-order valence-electron chi connectivity index (χ3n) is 2.80. The van der Waals surface area contributed by atoms with E-state index >= 15 is 0 Å². The molecule has 0 aromatic carbocycles. The fourth-order valence-electron chi connectivity index (χ4n) is 2.18. The van der Waals surface area contributed by atoms with E-state index in [0.29, 0.717) is 6.04 Å². The minimum Gasteiger partial charge on any atom is -0.327 e. The van der Waals surface area contributed by atoms with Crippen molar-refractivity contribution in [3.05, 3.63) is 0 Å². The fraction of sp³-hybridized carbons (Fsp3) is 1.00. The molecule has 2 nitrogen and oxygen atoms in total. The van der Waals surface area contributed by atoms with Crippen molar-refractivity contribution in [2.24, 2.45) is 17.6 Å². The van der Waals surface area contributed by atoms with Crippen LogP contribution in [0.25, 0.3) is 0 Å². The van der Waals surface area contributed by atoms with Crippen LogP contribution in [0, 0.1) is 11.8 Å². The van der Waals surface area contributed by atoms with Crippen LogP contribution in [0.5, 0.6) is 0 Å². The lowest BCUT2D eigenvalue weighted by Gasteiger charge is -2.36. The summed E-state index contributed by atoms with van der Waals surface area (Å²) in [5, 5.41) is 0. The Bertz CT molecular complexity index is 124. The summed E-state index contributed by atoms with van der Waals surface area (Å²) in [6.45, 7) is 2.53. The Labute approximate surface area is 56.0 Å². The van der Waals surface area contributed by atoms with Gasteiger partial charge < -0.3 is 10.6 Å².